The molecule has 6 heteroatoms. The molecular formula is C23H31FN4O. The van der Waals surface area contributed by atoms with Gasteiger partial charge in [0.05, 0.1) is 19.8 Å². The van der Waals surface area contributed by atoms with Crippen LogP contribution in [0, 0.1) is 12.7 Å². The fraction of sp³-hybridized carbons (Fsp3) is 0.435. The molecule has 0 radical (unpaired) electrons. The zero-order chi connectivity index (χ0) is 20.5. The Bertz CT molecular complexity index is 818. The van der Waals surface area contributed by atoms with Crippen molar-refractivity contribution in [2.45, 2.75) is 33.5 Å². The molecule has 0 aliphatic carbocycles. The van der Waals surface area contributed by atoms with E-state index in [9.17, 15) is 4.39 Å². The van der Waals surface area contributed by atoms with Crippen molar-refractivity contribution >= 4 is 5.96 Å². The second-order valence-corrected chi connectivity index (χ2v) is 7.34. The summed E-state index contributed by atoms with van der Waals surface area (Å²) in [6, 6.07) is 13.8. The van der Waals surface area contributed by atoms with Crippen molar-refractivity contribution in [1.82, 2.24) is 15.5 Å². The first-order chi connectivity index (χ1) is 14.1. The number of guanidine groups is 1. The van der Waals surface area contributed by atoms with E-state index in [1.165, 1.54) is 17.2 Å². The molecule has 1 saturated heterocycles. The van der Waals surface area contributed by atoms with Gasteiger partial charge in [-0.05, 0) is 42.2 Å². The predicted octanol–water partition coefficient (Wildman–Crippen LogP) is 3.22. The monoisotopic (exact) mass is 398 g/mol. The van der Waals surface area contributed by atoms with Gasteiger partial charge in [0.15, 0.2) is 5.96 Å². The van der Waals surface area contributed by atoms with Crippen LogP contribution >= 0.6 is 0 Å². The van der Waals surface area contributed by atoms with E-state index in [1.807, 2.05) is 13.0 Å². The van der Waals surface area contributed by atoms with E-state index in [0.717, 1.165) is 50.9 Å². The lowest BCUT2D eigenvalue weighted by atomic mass is 10.1. The van der Waals surface area contributed by atoms with Gasteiger partial charge in [-0.1, -0.05) is 36.4 Å². The third-order valence-electron chi connectivity index (χ3n) is 4.95. The van der Waals surface area contributed by atoms with Crippen LogP contribution in [0.15, 0.2) is 47.5 Å². The molecule has 0 amide bonds. The van der Waals surface area contributed by atoms with Gasteiger partial charge in [-0.2, -0.15) is 0 Å². The Labute approximate surface area is 173 Å². The zero-order valence-corrected chi connectivity index (χ0v) is 17.4. The van der Waals surface area contributed by atoms with E-state index >= 15 is 0 Å². The molecule has 2 N–H and O–H groups in total. The van der Waals surface area contributed by atoms with E-state index in [0.29, 0.717) is 18.7 Å². The fourth-order valence-electron chi connectivity index (χ4n) is 3.36. The maximum atomic E-state index is 13.4. The molecule has 29 heavy (non-hydrogen) atoms. The number of benzene rings is 2. The number of rotatable bonds is 7. The molecule has 1 aliphatic heterocycles. The summed E-state index contributed by atoms with van der Waals surface area (Å²) in [6.07, 6.45) is 0. The average molecular weight is 399 g/mol. The van der Waals surface area contributed by atoms with E-state index in [4.69, 9.17) is 9.73 Å². The first kappa shape index (κ1) is 21.3. The first-order valence-corrected chi connectivity index (χ1v) is 10.3. The smallest absolute Gasteiger partial charge is 0.191 e. The van der Waals surface area contributed by atoms with Crippen LogP contribution in [0.25, 0.3) is 0 Å². The Balaban J connectivity index is 1.58. The van der Waals surface area contributed by atoms with Crippen LogP contribution in [-0.2, 0) is 24.4 Å². The highest BCUT2D eigenvalue weighted by Gasteiger charge is 2.10. The van der Waals surface area contributed by atoms with Gasteiger partial charge in [0.2, 0.25) is 0 Å². The Morgan fingerprint density at radius 3 is 2.62 bits per heavy atom. The lowest BCUT2D eigenvalue weighted by Gasteiger charge is -2.26. The zero-order valence-electron chi connectivity index (χ0n) is 17.4. The molecule has 2 aromatic rings. The molecule has 3 rings (SSSR count). The van der Waals surface area contributed by atoms with Gasteiger partial charge in [0.25, 0.3) is 0 Å². The highest BCUT2D eigenvalue weighted by atomic mass is 19.1. The highest BCUT2D eigenvalue weighted by Crippen LogP contribution is 2.11. The Kier molecular flexibility index (Phi) is 8.02. The van der Waals surface area contributed by atoms with E-state index in [-0.39, 0.29) is 5.82 Å². The predicted molar refractivity (Wildman–Crippen MR) is 115 cm³/mol. The molecule has 2 aromatic carbocycles. The van der Waals surface area contributed by atoms with Gasteiger partial charge >= 0.3 is 0 Å². The molecule has 1 heterocycles. The second kappa shape index (κ2) is 10.9. The maximum Gasteiger partial charge on any atom is 0.191 e. The van der Waals surface area contributed by atoms with Crippen LogP contribution in [0.1, 0.15) is 29.2 Å². The van der Waals surface area contributed by atoms with Crippen LogP contribution in [-0.4, -0.2) is 43.7 Å². The number of aliphatic imine (C=N–C) groups is 1. The van der Waals surface area contributed by atoms with Crippen molar-refractivity contribution in [2.24, 2.45) is 4.99 Å². The summed E-state index contributed by atoms with van der Waals surface area (Å²) in [7, 11) is 0. The van der Waals surface area contributed by atoms with Crippen molar-refractivity contribution in [3.8, 4) is 0 Å². The summed E-state index contributed by atoms with van der Waals surface area (Å²) < 4.78 is 18.9. The van der Waals surface area contributed by atoms with Crippen LogP contribution in [0.3, 0.4) is 0 Å². The molecule has 156 valence electrons. The van der Waals surface area contributed by atoms with Crippen LogP contribution in [0.2, 0.25) is 0 Å². The number of aryl methyl sites for hydroxylation is 1. The molecule has 0 bridgehead atoms. The maximum absolute atomic E-state index is 13.4. The second-order valence-electron chi connectivity index (χ2n) is 7.34. The molecular weight excluding hydrogens is 367 g/mol. The van der Waals surface area contributed by atoms with Gasteiger partial charge in [0.1, 0.15) is 5.82 Å². The standard InChI is InChI=1S/C23H31FN4O/c1-3-25-23(27-16-20-7-8-22(24)18(2)13-20)26-15-19-5-4-6-21(14-19)17-28-9-11-29-12-10-28/h4-8,13-14H,3,9-12,15-17H2,1-2H3,(H2,25,26,27). The molecule has 0 aromatic heterocycles. The molecule has 1 fully saturated rings. The highest BCUT2D eigenvalue weighted by molar-refractivity contribution is 5.79. The lowest BCUT2D eigenvalue weighted by Crippen LogP contribution is -2.36. The van der Waals surface area contributed by atoms with Crippen LogP contribution in [0.5, 0.6) is 0 Å². The third-order valence-corrected chi connectivity index (χ3v) is 4.95. The normalized spacial score (nSPS) is 15.3. The summed E-state index contributed by atoms with van der Waals surface area (Å²) in [5, 5.41) is 6.60. The number of hydrogen-bond acceptors (Lipinski definition) is 3. The van der Waals surface area contributed by atoms with Crippen molar-refractivity contribution in [3.05, 3.63) is 70.5 Å². The topological polar surface area (TPSA) is 48.9 Å². The van der Waals surface area contributed by atoms with Gasteiger partial charge in [-0.25, -0.2) is 9.38 Å². The number of morpholine rings is 1. The minimum atomic E-state index is -0.175. The molecule has 0 spiro atoms. The van der Waals surface area contributed by atoms with Gasteiger partial charge in [-0.3, -0.25) is 4.90 Å². The number of hydrogen-bond donors (Lipinski definition) is 2. The minimum absolute atomic E-state index is 0.175. The number of nitrogens with zero attached hydrogens (tertiary/aromatic N) is 2. The summed E-state index contributed by atoms with van der Waals surface area (Å²) in [6.45, 7) is 10.4. The Morgan fingerprint density at radius 1 is 1.07 bits per heavy atom. The number of halogens is 1. The van der Waals surface area contributed by atoms with Gasteiger partial charge in [0, 0.05) is 32.7 Å². The van der Waals surface area contributed by atoms with E-state index in [1.54, 1.807) is 13.0 Å². The summed E-state index contributed by atoms with van der Waals surface area (Å²) >= 11 is 0. The molecule has 1 aliphatic rings. The number of ether oxygens (including phenoxy) is 1. The van der Waals surface area contributed by atoms with Crippen molar-refractivity contribution < 1.29 is 9.13 Å². The molecule has 0 atom stereocenters. The minimum Gasteiger partial charge on any atom is -0.379 e. The summed E-state index contributed by atoms with van der Waals surface area (Å²) in [4.78, 5) is 7.13. The van der Waals surface area contributed by atoms with E-state index in [2.05, 4.69) is 39.8 Å². The SMILES string of the molecule is CCNC(=NCc1cccc(CN2CCOCC2)c1)NCc1ccc(F)c(C)c1. The lowest BCUT2D eigenvalue weighted by molar-refractivity contribution is 0.0342. The number of nitrogens with one attached hydrogen (secondary N) is 2. The Morgan fingerprint density at radius 2 is 1.86 bits per heavy atom. The van der Waals surface area contributed by atoms with E-state index < -0.39 is 0 Å². The van der Waals surface area contributed by atoms with Crippen LogP contribution in [0.4, 0.5) is 4.39 Å². The largest absolute Gasteiger partial charge is 0.379 e. The summed E-state index contributed by atoms with van der Waals surface area (Å²) in [5.74, 6) is 0.583. The Hall–Kier alpha value is -2.44. The molecule has 0 saturated carbocycles. The quantitative estimate of drug-likeness (QED) is 0.555. The van der Waals surface area contributed by atoms with Crippen molar-refractivity contribution in [1.29, 1.82) is 0 Å². The van der Waals surface area contributed by atoms with Crippen LogP contribution < -0.4 is 10.6 Å². The van der Waals surface area contributed by atoms with Crippen molar-refractivity contribution in [2.75, 3.05) is 32.8 Å². The van der Waals surface area contributed by atoms with Gasteiger partial charge < -0.3 is 15.4 Å². The van der Waals surface area contributed by atoms with Crippen molar-refractivity contribution in [3.63, 3.8) is 0 Å². The first-order valence-electron chi connectivity index (χ1n) is 10.3. The molecule has 0 unspecified atom stereocenters. The molecule has 5 nitrogen and oxygen atoms in total. The fourth-order valence-corrected chi connectivity index (χ4v) is 3.36. The average Bonchev–Trinajstić information content (AvgIpc) is 2.73. The third kappa shape index (κ3) is 6.84. The van der Waals surface area contributed by atoms with Gasteiger partial charge in [-0.15, -0.1) is 0 Å². The summed E-state index contributed by atoms with van der Waals surface area (Å²) in [5.41, 5.74) is 4.18.